The van der Waals surface area contributed by atoms with Gasteiger partial charge in [-0.25, -0.2) is 9.59 Å². The van der Waals surface area contributed by atoms with Gasteiger partial charge in [0.25, 0.3) is 0 Å². The summed E-state index contributed by atoms with van der Waals surface area (Å²) in [5, 5.41) is 11.7. The van der Waals surface area contributed by atoms with E-state index in [0.717, 1.165) is 0 Å². The first-order chi connectivity index (χ1) is 9.34. The second-order valence-corrected chi connectivity index (χ2v) is 5.00. The molecule has 0 rings (SSSR count). The van der Waals surface area contributed by atoms with Crippen molar-refractivity contribution in [2.75, 3.05) is 34.0 Å². The van der Waals surface area contributed by atoms with Crippen LogP contribution in [0, 0.1) is 5.92 Å². The maximum Gasteiger partial charge on any atom is 0.326 e. The summed E-state index contributed by atoms with van der Waals surface area (Å²) in [5.74, 6) is -1.24. The van der Waals surface area contributed by atoms with Crippen LogP contribution in [0.25, 0.3) is 0 Å². The number of hydrogen-bond acceptors (Lipinski definition) is 4. The fourth-order valence-electron chi connectivity index (χ4n) is 1.77. The molecule has 0 saturated heterocycles. The van der Waals surface area contributed by atoms with Gasteiger partial charge in [-0.1, -0.05) is 13.8 Å². The summed E-state index contributed by atoms with van der Waals surface area (Å²) in [5.41, 5.74) is 0. The number of methoxy groups -OCH3 is 2. The molecular formula is C13H26N2O5. The number of nitrogens with zero attached hydrogens (tertiary/aromatic N) is 1. The van der Waals surface area contributed by atoms with Gasteiger partial charge in [0.1, 0.15) is 6.04 Å². The predicted octanol–water partition coefficient (Wildman–Crippen LogP) is 0.789. The smallest absolute Gasteiger partial charge is 0.326 e. The molecule has 0 fully saturated rings. The van der Waals surface area contributed by atoms with Crippen molar-refractivity contribution in [1.29, 1.82) is 0 Å². The van der Waals surface area contributed by atoms with Crippen LogP contribution in [0.4, 0.5) is 4.79 Å². The fraction of sp³-hybridized carbons (Fsp3) is 0.846. The molecule has 20 heavy (non-hydrogen) atoms. The third-order valence-corrected chi connectivity index (χ3v) is 2.95. The standard InChI is InChI=1S/C13H26N2O5/c1-9(2)11(12(16)17)14-13(18)15(6-7-19-4)10(3)8-20-5/h9-11H,6-8H2,1-5H3,(H,14,18)(H,16,17)/t10?,11-/m0/s1. The lowest BCUT2D eigenvalue weighted by Gasteiger charge is -2.30. The Kier molecular flexibility index (Phi) is 8.91. The number of hydrogen-bond donors (Lipinski definition) is 2. The first-order valence-corrected chi connectivity index (χ1v) is 6.62. The van der Waals surface area contributed by atoms with E-state index in [1.165, 1.54) is 4.90 Å². The molecule has 7 heteroatoms. The topological polar surface area (TPSA) is 88.1 Å². The Morgan fingerprint density at radius 2 is 1.80 bits per heavy atom. The maximum absolute atomic E-state index is 12.2. The molecular weight excluding hydrogens is 264 g/mol. The third-order valence-electron chi connectivity index (χ3n) is 2.95. The zero-order valence-electron chi connectivity index (χ0n) is 12.9. The van der Waals surface area contributed by atoms with E-state index in [-0.39, 0.29) is 12.0 Å². The van der Waals surface area contributed by atoms with Gasteiger partial charge in [0.2, 0.25) is 0 Å². The van der Waals surface area contributed by atoms with Crippen molar-refractivity contribution in [2.45, 2.75) is 32.9 Å². The number of ether oxygens (including phenoxy) is 2. The van der Waals surface area contributed by atoms with Crippen LogP contribution in [-0.2, 0) is 14.3 Å². The van der Waals surface area contributed by atoms with E-state index >= 15 is 0 Å². The quantitative estimate of drug-likeness (QED) is 0.655. The number of carbonyl (C=O) groups is 2. The molecule has 2 atom stereocenters. The Morgan fingerprint density at radius 1 is 1.20 bits per heavy atom. The highest BCUT2D eigenvalue weighted by atomic mass is 16.5. The SMILES string of the molecule is COCCN(C(=O)N[C@H](C(=O)O)C(C)C)C(C)COC. The van der Waals surface area contributed by atoms with Crippen molar-refractivity contribution >= 4 is 12.0 Å². The van der Waals surface area contributed by atoms with Crippen molar-refractivity contribution in [2.24, 2.45) is 5.92 Å². The number of rotatable bonds is 9. The molecule has 0 aromatic carbocycles. The molecule has 0 aliphatic heterocycles. The first-order valence-electron chi connectivity index (χ1n) is 6.62. The molecule has 0 aliphatic carbocycles. The summed E-state index contributed by atoms with van der Waals surface area (Å²) >= 11 is 0. The number of carbonyl (C=O) groups excluding carboxylic acids is 1. The minimum absolute atomic E-state index is 0.170. The summed E-state index contributed by atoms with van der Waals surface area (Å²) in [4.78, 5) is 24.9. The minimum Gasteiger partial charge on any atom is -0.480 e. The molecule has 0 aromatic rings. The Labute approximate surface area is 120 Å². The van der Waals surface area contributed by atoms with Gasteiger partial charge in [-0.2, -0.15) is 0 Å². The van der Waals surface area contributed by atoms with E-state index in [4.69, 9.17) is 14.6 Å². The molecule has 1 unspecified atom stereocenters. The lowest BCUT2D eigenvalue weighted by Crippen LogP contribution is -2.54. The molecule has 0 bridgehead atoms. The third kappa shape index (κ3) is 6.21. The lowest BCUT2D eigenvalue weighted by molar-refractivity contribution is -0.140. The second kappa shape index (κ2) is 9.55. The van der Waals surface area contributed by atoms with Crippen LogP contribution in [0.1, 0.15) is 20.8 Å². The van der Waals surface area contributed by atoms with E-state index in [2.05, 4.69) is 5.32 Å². The number of amides is 2. The highest BCUT2D eigenvalue weighted by Crippen LogP contribution is 2.06. The highest BCUT2D eigenvalue weighted by molar-refractivity contribution is 5.82. The van der Waals surface area contributed by atoms with Gasteiger partial charge in [-0.05, 0) is 12.8 Å². The van der Waals surface area contributed by atoms with E-state index in [0.29, 0.717) is 19.8 Å². The summed E-state index contributed by atoms with van der Waals surface area (Å²) in [6.45, 7) is 6.45. The summed E-state index contributed by atoms with van der Waals surface area (Å²) in [6.07, 6.45) is 0. The molecule has 0 heterocycles. The van der Waals surface area contributed by atoms with Gasteiger partial charge < -0.3 is 24.8 Å². The van der Waals surface area contributed by atoms with Gasteiger partial charge in [0, 0.05) is 20.8 Å². The van der Waals surface area contributed by atoms with Gasteiger partial charge in [-0.3, -0.25) is 0 Å². The van der Waals surface area contributed by atoms with E-state index in [1.54, 1.807) is 28.1 Å². The number of urea groups is 1. The highest BCUT2D eigenvalue weighted by Gasteiger charge is 2.27. The predicted molar refractivity (Wildman–Crippen MR) is 74.7 cm³/mol. The average molecular weight is 290 g/mol. The Balaban J connectivity index is 4.79. The van der Waals surface area contributed by atoms with Gasteiger partial charge in [0.15, 0.2) is 0 Å². The van der Waals surface area contributed by atoms with Gasteiger partial charge in [0.05, 0.1) is 19.3 Å². The van der Waals surface area contributed by atoms with Crippen molar-refractivity contribution in [3.05, 3.63) is 0 Å². The number of aliphatic carboxylic acids is 1. The van der Waals surface area contributed by atoms with Crippen LogP contribution >= 0.6 is 0 Å². The van der Waals surface area contributed by atoms with Crippen LogP contribution in [0.15, 0.2) is 0 Å². The monoisotopic (exact) mass is 290 g/mol. The Morgan fingerprint density at radius 3 is 2.20 bits per heavy atom. The second-order valence-electron chi connectivity index (χ2n) is 5.00. The minimum atomic E-state index is -1.04. The summed E-state index contributed by atoms with van der Waals surface area (Å²) < 4.78 is 10.0. The molecule has 7 nitrogen and oxygen atoms in total. The number of nitrogens with one attached hydrogen (secondary N) is 1. The summed E-state index contributed by atoms with van der Waals surface area (Å²) in [7, 11) is 3.10. The normalized spacial score (nSPS) is 13.9. The van der Waals surface area contributed by atoms with E-state index in [9.17, 15) is 9.59 Å². The molecule has 0 aromatic heterocycles. The van der Waals surface area contributed by atoms with Crippen molar-refractivity contribution in [3.63, 3.8) is 0 Å². The van der Waals surface area contributed by atoms with Crippen LogP contribution < -0.4 is 5.32 Å². The zero-order chi connectivity index (χ0) is 15.7. The largest absolute Gasteiger partial charge is 0.480 e. The summed E-state index contributed by atoms with van der Waals surface area (Å²) in [6, 6.07) is -1.51. The molecule has 0 spiro atoms. The van der Waals surface area contributed by atoms with Gasteiger partial charge in [-0.15, -0.1) is 0 Å². The number of carboxylic acids is 1. The Hall–Kier alpha value is -1.34. The average Bonchev–Trinajstić information content (AvgIpc) is 2.35. The van der Waals surface area contributed by atoms with Crippen LogP contribution in [0.5, 0.6) is 0 Å². The fourth-order valence-corrected chi connectivity index (χ4v) is 1.77. The Bertz CT molecular complexity index is 309. The van der Waals surface area contributed by atoms with Crippen LogP contribution in [-0.4, -0.2) is 68.1 Å². The maximum atomic E-state index is 12.2. The molecule has 2 amide bonds. The molecule has 2 N–H and O–H groups in total. The van der Waals surface area contributed by atoms with Crippen molar-refractivity contribution in [3.8, 4) is 0 Å². The van der Waals surface area contributed by atoms with E-state index < -0.39 is 18.0 Å². The van der Waals surface area contributed by atoms with Crippen LogP contribution in [0.3, 0.4) is 0 Å². The molecule has 0 saturated carbocycles. The molecule has 0 radical (unpaired) electrons. The van der Waals surface area contributed by atoms with Crippen LogP contribution in [0.2, 0.25) is 0 Å². The lowest BCUT2D eigenvalue weighted by atomic mass is 10.1. The van der Waals surface area contributed by atoms with Crippen molar-refractivity contribution < 1.29 is 24.2 Å². The zero-order valence-corrected chi connectivity index (χ0v) is 12.9. The van der Waals surface area contributed by atoms with Crippen molar-refractivity contribution in [1.82, 2.24) is 10.2 Å². The first kappa shape index (κ1) is 18.7. The molecule has 0 aliphatic rings. The number of carboxylic acid groups (broad SMARTS) is 1. The van der Waals surface area contributed by atoms with Gasteiger partial charge >= 0.3 is 12.0 Å². The van der Waals surface area contributed by atoms with E-state index in [1.807, 2.05) is 6.92 Å². The molecule has 118 valence electrons.